The third-order valence-corrected chi connectivity index (χ3v) is 3.78. The minimum atomic E-state index is -1.12. The molecule has 0 aliphatic carbocycles. The van der Waals surface area contributed by atoms with Crippen LogP contribution < -0.4 is 4.74 Å². The molecule has 0 saturated carbocycles. The quantitative estimate of drug-likeness (QED) is 0.821. The van der Waals surface area contributed by atoms with Gasteiger partial charge in [-0.1, -0.05) is 56.3 Å². The number of hydrogen-bond donors (Lipinski definition) is 1. The van der Waals surface area contributed by atoms with E-state index in [0.29, 0.717) is 12.2 Å². The van der Waals surface area contributed by atoms with Gasteiger partial charge in [0.1, 0.15) is 12.4 Å². The molecule has 0 spiro atoms. The van der Waals surface area contributed by atoms with Crippen LogP contribution in [0.3, 0.4) is 0 Å². The van der Waals surface area contributed by atoms with E-state index in [-0.39, 0.29) is 0 Å². The zero-order valence-electron chi connectivity index (χ0n) is 13.0. The van der Waals surface area contributed by atoms with Crippen LogP contribution in [0, 0.1) is 11.3 Å². The van der Waals surface area contributed by atoms with Crippen molar-refractivity contribution in [3.8, 4) is 11.8 Å². The summed E-state index contributed by atoms with van der Waals surface area (Å²) in [6.45, 7) is 4.56. The van der Waals surface area contributed by atoms with Crippen molar-refractivity contribution in [1.82, 2.24) is 0 Å². The number of para-hydroxylation sites is 1. The highest BCUT2D eigenvalue weighted by atomic mass is 16.5. The number of nitriles is 1. The SMILES string of the molecule is CCc1cccc(CC)c1OCc1ccccc1C(O)C#N. The second-order valence-electron chi connectivity index (χ2n) is 5.13. The van der Waals surface area contributed by atoms with Crippen LogP contribution in [0.5, 0.6) is 5.75 Å². The highest BCUT2D eigenvalue weighted by Crippen LogP contribution is 2.27. The van der Waals surface area contributed by atoms with Crippen LogP contribution >= 0.6 is 0 Å². The molecule has 22 heavy (non-hydrogen) atoms. The van der Waals surface area contributed by atoms with Crippen molar-refractivity contribution < 1.29 is 9.84 Å². The van der Waals surface area contributed by atoms with Crippen LogP contribution in [-0.4, -0.2) is 5.11 Å². The van der Waals surface area contributed by atoms with Crippen molar-refractivity contribution in [3.05, 3.63) is 64.7 Å². The zero-order chi connectivity index (χ0) is 15.9. The molecule has 0 radical (unpaired) electrons. The Hall–Kier alpha value is -2.31. The Labute approximate surface area is 131 Å². The van der Waals surface area contributed by atoms with Gasteiger partial charge in [-0.05, 0) is 29.5 Å². The number of aliphatic hydroxyl groups is 1. The molecule has 0 aliphatic heterocycles. The summed E-state index contributed by atoms with van der Waals surface area (Å²) in [6, 6.07) is 15.4. The maximum Gasteiger partial charge on any atom is 0.166 e. The average Bonchev–Trinajstić information content (AvgIpc) is 2.59. The molecule has 0 amide bonds. The Balaban J connectivity index is 2.27. The fourth-order valence-corrected chi connectivity index (χ4v) is 2.53. The van der Waals surface area contributed by atoms with Crippen molar-refractivity contribution in [2.24, 2.45) is 0 Å². The first kappa shape index (κ1) is 16.1. The number of hydrogen-bond acceptors (Lipinski definition) is 3. The van der Waals surface area contributed by atoms with Crippen molar-refractivity contribution in [2.45, 2.75) is 39.4 Å². The van der Waals surface area contributed by atoms with E-state index in [1.54, 1.807) is 6.07 Å². The fraction of sp³-hybridized carbons (Fsp3) is 0.316. The van der Waals surface area contributed by atoms with E-state index < -0.39 is 6.10 Å². The molecule has 114 valence electrons. The standard InChI is InChI=1S/C19H21NO2/c1-3-14-9-7-10-15(4-2)19(14)22-13-16-8-5-6-11-17(16)18(21)12-20/h5-11,18,21H,3-4,13H2,1-2H3. The van der Waals surface area contributed by atoms with Gasteiger partial charge in [-0.2, -0.15) is 5.26 Å². The van der Waals surface area contributed by atoms with Gasteiger partial charge in [0.25, 0.3) is 0 Å². The normalized spacial score (nSPS) is 11.7. The minimum Gasteiger partial charge on any atom is -0.488 e. The molecule has 0 saturated heterocycles. The molecule has 0 heterocycles. The third-order valence-electron chi connectivity index (χ3n) is 3.78. The summed E-state index contributed by atoms with van der Waals surface area (Å²) >= 11 is 0. The van der Waals surface area contributed by atoms with Crippen molar-refractivity contribution in [1.29, 1.82) is 5.26 Å². The Bertz CT molecular complexity index is 651. The molecule has 0 aromatic heterocycles. The van der Waals surface area contributed by atoms with Gasteiger partial charge in [-0.15, -0.1) is 0 Å². The first-order valence-electron chi connectivity index (χ1n) is 7.60. The number of ether oxygens (including phenoxy) is 1. The highest BCUT2D eigenvalue weighted by molar-refractivity contribution is 5.42. The maximum absolute atomic E-state index is 9.79. The van der Waals surface area contributed by atoms with Crippen LogP contribution in [0.1, 0.15) is 42.2 Å². The average molecular weight is 295 g/mol. The van der Waals surface area contributed by atoms with Crippen molar-refractivity contribution in [2.75, 3.05) is 0 Å². The summed E-state index contributed by atoms with van der Waals surface area (Å²) in [6.07, 6.45) is 0.698. The summed E-state index contributed by atoms with van der Waals surface area (Å²) < 4.78 is 6.05. The van der Waals surface area contributed by atoms with Crippen LogP contribution in [0.2, 0.25) is 0 Å². The van der Waals surface area contributed by atoms with Gasteiger partial charge < -0.3 is 9.84 Å². The Kier molecular flexibility index (Phi) is 5.57. The van der Waals surface area contributed by atoms with Gasteiger partial charge >= 0.3 is 0 Å². The first-order valence-corrected chi connectivity index (χ1v) is 7.60. The largest absolute Gasteiger partial charge is 0.488 e. The summed E-state index contributed by atoms with van der Waals surface area (Å²) in [4.78, 5) is 0. The van der Waals surface area contributed by atoms with Crippen LogP contribution in [0.15, 0.2) is 42.5 Å². The lowest BCUT2D eigenvalue weighted by Gasteiger charge is -2.16. The predicted molar refractivity (Wildman–Crippen MR) is 86.5 cm³/mol. The lowest BCUT2D eigenvalue weighted by Crippen LogP contribution is -2.06. The van der Waals surface area contributed by atoms with E-state index in [1.165, 1.54) is 11.1 Å². The van der Waals surface area contributed by atoms with Gasteiger partial charge in [0, 0.05) is 5.56 Å². The van der Waals surface area contributed by atoms with E-state index in [0.717, 1.165) is 24.2 Å². The first-order chi connectivity index (χ1) is 10.7. The molecule has 2 rings (SSSR count). The highest BCUT2D eigenvalue weighted by Gasteiger charge is 2.13. The minimum absolute atomic E-state index is 0.346. The molecular formula is C19H21NO2. The third kappa shape index (κ3) is 3.47. The van der Waals surface area contributed by atoms with E-state index in [2.05, 4.69) is 32.0 Å². The molecule has 1 unspecified atom stereocenters. The molecular weight excluding hydrogens is 274 g/mol. The van der Waals surface area contributed by atoms with Crippen molar-refractivity contribution in [3.63, 3.8) is 0 Å². The van der Waals surface area contributed by atoms with E-state index in [1.807, 2.05) is 24.3 Å². The van der Waals surface area contributed by atoms with E-state index >= 15 is 0 Å². The Morgan fingerprint density at radius 2 is 1.59 bits per heavy atom. The lowest BCUT2D eigenvalue weighted by atomic mass is 10.0. The second-order valence-corrected chi connectivity index (χ2v) is 5.13. The van der Waals surface area contributed by atoms with Gasteiger partial charge in [-0.25, -0.2) is 0 Å². The second kappa shape index (κ2) is 7.63. The molecule has 0 bridgehead atoms. The van der Waals surface area contributed by atoms with E-state index in [4.69, 9.17) is 10.00 Å². The summed E-state index contributed by atoms with van der Waals surface area (Å²) in [7, 11) is 0. The van der Waals surface area contributed by atoms with Gasteiger partial charge in [-0.3, -0.25) is 0 Å². The number of aryl methyl sites for hydroxylation is 2. The van der Waals surface area contributed by atoms with Gasteiger partial charge in [0.2, 0.25) is 0 Å². The molecule has 1 atom stereocenters. The number of benzene rings is 2. The number of rotatable bonds is 6. The lowest BCUT2D eigenvalue weighted by molar-refractivity contribution is 0.229. The molecule has 2 aromatic rings. The smallest absolute Gasteiger partial charge is 0.166 e. The summed E-state index contributed by atoms with van der Waals surface area (Å²) in [5.74, 6) is 0.925. The van der Waals surface area contributed by atoms with Gasteiger partial charge in [0.05, 0.1) is 6.07 Å². The number of nitrogens with zero attached hydrogens (tertiary/aromatic N) is 1. The molecule has 1 N–H and O–H groups in total. The number of aliphatic hydroxyl groups excluding tert-OH is 1. The molecule has 0 fully saturated rings. The fourth-order valence-electron chi connectivity index (χ4n) is 2.53. The summed E-state index contributed by atoms with van der Waals surface area (Å²) in [5.41, 5.74) is 3.80. The predicted octanol–water partition coefficient (Wildman–Crippen LogP) is 3.95. The van der Waals surface area contributed by atoms with Crippen molar-refractivity contribution >= 4 is 0 Å². The maximum atomic E-state index is 9.79. The van der Waals surface area contributed by atoms with E-state index in [9.17, 15) is 5.11 Å². The van der Waals surface area contributed by atoms with Gasteiger partial charge in [0.15, 0.2) is 6.10 Å². The molecule has 0 aliphatic rings. The topological polar surface area (TPSA) is 53.2 Å². The summed E-state index contributed by atoms with van der Waals surface area (Å²) in [5, 5.41) is 18.7. The Morgan fingerprint density at radius 3 is 2.18 bits per heavy atom. The zero-order valence-corrected chi connectivity index (χ0v) is 13.0. The van der Waals surface area contributed by atoms with Crippen LogP contribution in [0.25, 0.3) is 0 Å². The van der Waals surface area contributed by atoms with Crippen LogP contribution in [0.4, 0.5) is 0 Å². The monoisotopic (exact) mass is 295 g/mol. The van der Waals surface area contributed by atoms with Crippen LogP contribution in [-0.2, 0) is 19.4 Å². The molecule has 2 aromatic carbocycles. The molecule has 3 heteroatoms. The Morgan fingerprint density at radius 1 is 1.00 bits per heavy atom. The molecule has 3 nitrogen and oxygen atoms in total.